The lowest BCUT2D eigenvalue weighted by Gasteiger charge is -2.09. The number of rotatable bonds is 4. The minimum Gasteiger partial charge on any atom is -0.496 e. The van der Waals surface area contributed by atoms with Gasteiger partial charge in [-0.3, -0.25) is 4.79 Å². The molecule has 22 heavy (non-hydrogen) atoms. The molecule has 1 N–H and O–H groups in total. The summed E-state index contributed by atoms with van der Waals surface area (Å²) in [6.07, 6.45) is 0. The van der Waals surface area contributed by atoms with Crippen molar-refractivity contribution in [3.05, 3.63) is 59.9 Å². The lowest BCUT2D eigenvalue weighted by molar-refractivity contribution is 0.0946. The Hall–Kier alpha value is -2.82. The van der Waals surface area contributed by atoms with Gasteiger partial charge in [0.2, 0.25) is 0 Å². The van der Waals surface area contributed by atoms with Crippen LogP contribution in [0.1, 0.15) is 16.2 Å². The third-order valence-corrected chi connectivity index (χ3v) is 3.64. The average Bonchev–Trinajstić information content (AvgIpc) is 2.89. The predicted molar refractivity (Wildman–Crippen MR) is 84.9 cm³/mol. The fraction of sp³-hybridized carbons (Fsp3) is 0.176. The minimum atomic E-state index is -0.176. The number of methoxy groups -OCH3 is 1. The quantitative estimate of drug-likeness (QED) is 0.804. The van der Waals surface area contributed by atoms with Crippen LogP contribution in [0.5, 0.6) is 5.75 Å². The third kappa shape index (κ3) is 2.53. The first kappa shape index (κ1) is 14.1. The van der Waals surface area contributed by atoms with Crippen molar-refractivity contribution in [1.29, 1.82) is 0 Å². The van der Waals surface area contributed by atoms with Crippen LogP contribution in [-0.2, 0) is 13.6 Å². The molecule has 5 nitrogen and oxygen atoms in total. The Morgan fingerprint density at radius 3 is 2.68 bits per heavy atom. The Bertz CT molecular complexity index is 824. The van der Waals surface area contributed by atoms with Crippen molar-refractivity contribution in [2.75, 3.05) is 7.11 Å². The van der Waals surface area contributed by atoms with Crippen molar-refractivity contribution in [3.8, 4) is 5.75 Å². The molecule has 1 heterocycles. The summed E-state index contributed by atoms with van der Waals surface area (Å²) in [7, 11) is 3.50. The highest BCUT2D eigenvalue weighted by atomic mass is 16.5. The summed E-state index contributed by atoms with van der Waals surface area (Å²) >= 11 is 0. The number of aryl methyl sites for hydroxylation is 1. The Labute approximate surface area is 128 Å². The number of benzene rings is 2. The van der Waals surface area contributed by atoms with Gasteiger partial charge in [0.05, 0.1) is 30.3 Å². The van der Waals surface area contributed by atoms with E-state index in [1.165, 1.54) is 0 Å². The number of carbonyl (C=O) groups excluding carboxylic acids is 1. The van der Waals surface area contributed by atoms with Crippen LogP contribution in [-0.4, -0.2) is 22.6 Å². The highest BCUT2D eigenvalue weighted by molar-refractivity contribution is 5.96. The molecule has 2 aromatic carbocycles. The smallest absolute Gasteiger partial charge is 0.255 e. The van der Waals surface area contributed by atoms with Crippen LogP contribution in [0.2, 0.25) is 0 Å². The van der Waals surface area contributed by atoms with Gasteiger partial charge in [-0.05, 0) is 24.3 Å². The van der Waals surface area contributed by atoms with Crippen LogP contribution >= 0.6 is 0 Å². The minimum absolute atomic E-state index is 0.176. The number of fused-ring (bicyclic) bond motifs is 1. The molecular formula is C17H17N3O2. The van der Waals surface area contributed by atoms with E-state index in [4.69, 9.17) is 4.74 Å². The second kappa shape index (κ2) is 5.89. The number of para-hydroxylation sites is 3. The number of amides is 1. The van der Waals surface area contributed by atoms with E-state index in [2.05, 4.69) is 10.3 Å². The summed E-state index contributed by atoms with van der Waals surface area (Å²) in [5.74, 6) is 1.19. The van der Waals surface area contributed by atoms with Crippen molar-refractivity contribution >= 4 is 16.9 Å². The topological polar surface area (TPSA) is 56.1 Å². The van der Waals surface area contributed by atoms with Gasteiger partial charge in [-0.1, -0.05) is 24.3 Å². The number of hydrogen-bond donors (Lipinski definition) is 1. The normalized spacial score (nSPS) is 10.6. The first-order valence-corrected chi connectivity index (χ1v) is 7.02. The molecule has 0 atom stereocenters. The van der Waals surface area contributed by atoms with Gasteiger partial charge >= 0.3 is 0 Å². The number of ether oxygens (including phenoxy) is 1. The maximum atomic E-state index is 12.3. The summed E-state index contributed by atoms with van der Waals surface area (Å²) in [6.45, 7) is 0.363. The zero-order valence-electron chi connectivity index (χ0n) is 12.5. The van der Waals surface area contributed by atoms with Gasteiger partial charge in [-0.15, -0.1) is 0 Å². The highest BCUT2D eigenvalue weighted by Crippen LogP contribution is 2.18. The van der Waals surface area contributed by atoms with Crippen LogP contribution in [0.15, 0.2) is 48.5 Å². The second-order valence-corrected chi connectivity index (χ2v) is 4.96. The molecule has 1 amide bonds. The lowest BCUT2D eigenvalue weighted by Crippen LogP contribution is -2.24. The van der Waals surface area contributed by atoms with Gasteiger partial charge in [0, 0.05) is 7.05 Å². The van der Waals surface area contributed by atoms with Crippen LogP contribution in [0.3, 0.4) is 0 Å². The highest BCUT2D eigenvalue weighted by Gasteiger charge is 2.13. The van der Waals surface area contributed by atoms with E-state index in [0.29, 0.717) is 17.9 Å². The van der Waals surface area contributed by atoms with E-state index in [-0.39, 0.29) is 5.91 Å². The van der Waals surface area contributed by atoms with Crippen molar-refractivity contribution in [3.63, 3.8) is 0 Å². The molecule has 0 aliphatic carbocycles. The molecule has 0 aliphatic heterocycles. The van der Waals surface area contributed by atoms with Gasteiger partial charge in [0.15, 0.2) is 0 Å². The Morgan fingerprint density at radius 1 is 1.18 bits per heavy atom. The molecule has 0 aliphatic rings. The SMILES string of the molecule is COc1ccccc1C(=O)NCc1nc2ccccc2n1C. The molecule has 0 radical (unpaired) electrons. The Balaban J connectivity index is 1.79. The monoisotopic (exact) mass is 295 g/mol. The van der Waals surface area contributed by atoms with Gasteiger partial charge in [-0.25, -0.2) is 4.98 Å². The molecule has 0 bridgehead atoms. The molecule has 1 aromatic heterocycles. The molecule has 0 saturated carbocycles. The first-order chi connectivity index (χ1) is 10.7. The zero-order valence-corrected chi connectivity index (χ0v) is 12.5. The summed E-state index contributed by atoms with van der Waals surface area (Å²) in [4.78, 5) is 16.8. The molecule has 112 valence electrons. The fourth-order valence-electron chi connectivity index (χ4n) is 2.44. The molecule has 0 spiro atoms. The summed E-state index contributed by atoms with van der Waals surface area (Å²) < 4.78 is 7.19. The van der Waals surface area contributed by atoms with Gasteiger partial charge in [0.1, 0.15) is 11.6 Å². The fourth-order valence-corrected chi connectivity index (χ4v) is 2.44. The van der Waals surface area contributed by atoms with Crippen molar-refractivity contribution in [1.82, 2.24) is 14.9 Å². The third-order valence-electron chi connectivity index (χ3n) is 3.64. The number of nitrogens with one attached hydrogen (secondary N) is 1. The Kier molecular flexibility index (Phi) is 3.78. The maximum Gasteiger partial charge on any atom is 0.255 e. The number of nitrogens with zero attached hydrogens (tertiary/aromatic N) is 2. The van der Waals surface area contributed by atoms with Crippen molar-refractivity contribution in [2.45, 2.75) is 6.54 Å². The second-order valence-electron chi connectivity index (χ2n) is 4.96. The van der Waals surface area contributed by atoms with Crippen molar-refractivity contribution in [2.24, 2.45) is 7.05 Å². The molecular weight excluding hydrogens is 278 g/mol. The van der Waals surface area contributed by atoms with Crippen LogP contribution < -0.4 is 10.1 Å². The number of aromatic nitrogens is 2. The average molecular weight is 295 g/mol. The van der Waals surface area contributed by atoms with E-state index in [0.717, 1.165) is 16.9 Å². The van der Waals surface area contributed by atoms with Gasteiger partial charge in [-0.2, -0.15) is 0 Å². The molecule has 3 aromatic rings. The zero-order chi connectivity index (χ0) is 15.5. The summed E-state index contributed by atoms with van der Waals surface area (Å²) in [5.41, 5.74) is 2.49. The predicted octanol–water partition coefficient (Wildman–Crippen LogP) is 2.51. The molecule has 0 saturated heterocycles. The number of imidazole rings is 1. The summed E-state index contributed by atoms with van der Waals surface area (Å²) in [6, 6.07) is 15.0. The standard InChI is InChI=1S/C17H17N3O2/c1-20-14-9-5-4-8-13(14)19-16(20)11-18-17(21)12-7-3-6-10-15(12)22-2/h3-10H,11H2,1-2H3,(H,18,21). The number of hydrogen-bond acceptors (Lipinski definition) is 3. The number of carbonyl (C=O) groups is 1. The van der Waals surface area contributed by atoms with E-state index in [1.54, 1.807) is 19.2 Å². The van der Waals surface area contributed by atoms with Gasteiger partial charge < -0.3 is 14.6 Å². The van der Waals surface area contributed by atoms with Crippen molar-refractivity contribution < 1.29 is 9.53 Å². The first-order valence-electron chi connectivity index (χ1n) is 7.02. The van der Waals surface area contributed by atoms with Crippen LogP contribution in [0.4, 0.5) is 0 Å². The van der Waals surface area contributed by atoms with Gasteiger partial charge in [0.25, 0.3) is 5.91 Å². The Morgan fingerprint density at radius 2 is 1.91 bits per heavy atom. The molecule has 5 heteroatoms. The summed E-state index contributed by atoms with van der Waals surface area (Å²) in [5, 5.41) is 2.89. The molecule has 0 unspecified atom stereocenters. The van der Waals surface area contributed by atoms with E-state index in [1.807, 2.05) is 48.0 Å². The van der Waals surface area contributed by atoms with Crippen LogP contribution in [0.25, 0.3) is 11.0 Å². The van der Waals surface area contributed by atoms with E-state index >= 15 is 0 Å². The molecule has 3 rings (SSSR count). The lowest BCUT2D eigenvalue weighted by atomic mass is 10.2. The van der Waals surface area contributed by atoms with Crippen LogP contribution in [0, 0.1) is 0 Å². The molecule has 0 fully saturated rings. The van der Waals surface area contributed by atoms with E-state index < -0.39 is 0 Å². The van der Waals surface area contributed by atoms with E-state index in [9.17, 15) is 4.79 Å². The maximum absolute atomic E-state index is 12.3. The largest absolute Gasteiger partial charge is 0.496 e.